The zero-order valence-corrected chi connectivity index (χ0v) is 7.94. The molecule has 0 aliphatic rings. The molecule has 15 heavy (non-hydrogen) atoms. The van der Waals surface area contributed by atoms with Gasteiger partial charge >= 0.3 is 63.3 Å². The van der Waals surface area contributed by atoms with E-state index in [0.717, 1.165) is 0 Å². The van der Waals surface area contributed by atoms with Gasteiger partial charge in [-0.15, -0.1) is 0 Å². The number of ether oxygens (including phenoxy) is 2. The van der Waals surface area contributed by atoms with Crippen molar-refractivity contribution in [3.63, 3.8) is 0 Å². The van der Waals surface area contributed by atoms with Gasteiger partial charge in [-0.3, -0.25) is 4.79 Å². The fraction of sp³-hybridized carbons (Fsp3) is 0.200. The van der Waals surface area contributed by atoms with Crippen LogP contribution >= 0.6 is 0 Å². The third-order valence-electron chi connectivity index (χ3n) is 1.54. The number of benzene rings is 1. The normalized spacial score (nSPS) is 8.67. The zero-order chi connectivity index (χ0) is 10.6. The molecule has 4 nitrogen and oxygen atoms in total. The molecular weight excluding hydrogens is 223 g/mol. The Hall–Kier alpha value is -0.204. The predicted octanol–water partition coefficient (Wildman–Crippen LogP) is 0.750. The Kier molecular flexibility index (Phi) is 7.04. The number of rotatable bonds is 2. The third kappa shape index (κ3) is 4.90. The molecule has 0 radical (unpaired) electrons. The average Bonchev–Trinajstić information content (AvgIpc) is 2.17. The first kappa shape index (κ1) is 14.8. The molecule has 1 aromatic carbocycles. The molecule has 0 saturated heterocycles. The minimum absolute atomic E-state index is 0. The van der Waals surface area contributed by atoms with Crippen molar-refractivity contribution in [2.45, 2.75) is 6.92 Å². The second kappa shape index (κ2) is 7.13. The fourth-order valence-electron chi connectivity index (χ4n) is 0.943. The van der Waals surface area contributed by atoms with Crippen LogP contribution in [0.3, 0.4) is 0 Å². The zero-order valence-electron chi connectivity index (χ0n) is 7.94. The van der Waals surface area contributed by atoms with Gasteiger partial charge in [0.05, 0.1) is 12.7 Å². The van der Waals surface area contributed by atoms with E-state index in [1.807, 2.05) is 0 Å². The number of esters is 2. The first-order valence-electron chi connectivity index (χ1n) is 4.00. The van der Waals surface area contributed by atoms with E-state index in [9.17, 15) is 9.59 Å². The molecule has 0 bridgehead atoms. The summed E-state index contributed by atoms with van der Waals surface area (Å²) in [7, 11) is 1.31. The maximum absolute atomic E-state index is 11.0. The SMILES string of the molecule is COC(=O)c1ccc(OC(C)=O)cc1.[KH]. The van der Waals surface area contributed by atoms with Crippen LogP contribution in [0.5, 0.6) is 5.75 Å². The molecule has 0 heterocycles. The molecule has 0 spiro atoms. The molecule has 0 aliphatic carbocycles. The molecule has 0 fully saturated rings. The Morgan fingerprint density at radius 3 is 2.07 bits per heavy atom. The fourth-order valence-corrected chi connectivity index (χ4v) is 0.943. The summed E-state index contributed by atoms with van der Waals surface area (Å²) in [5.41, 5.74) is 0.420. The number of carbonyl (C=O) groups is 2. The molecule has 76 valence electrons. The van der Waals surface area contributed by atoms with E-state index in [1.54, 1.807) is 0 Å². The van der Waals surface area contributed by atoms with Crippen LogP contribution < -0.4 is 4.74 Å². The Morgan fingerprint density at radius 2 is 1.67 bits per heavy atom. The molecule has 0 N–H and O–H groups in total. The molecular formula is C10H11KO4. The van der Waals surface area contributed by atoms with Crippen LogP contribution in [0, 0.1) is 0 Å². The van der Waals surface area contributed by atoms with E-state index < -0.39 is 11.9 Å². The summed E-state index contributed by atoms with van der Waals surface area (Å²) in [4.78, 5) is 21.6. The van der Waals surface area contributed by atoms with Crippen LogP contribution in [-0.2, 0) is 9.53 Å². The monoisotopic (exact) mass is 234 g/mol. The topological polar surface area (TPSA) is 52.6 Å². The Labute approximate surface area is 130 Å². The second-order valence-corrected chi connectivity index (χ2v) is 2.61. The summed E-state index contributed by atoms with van der Waals surface area (Å²) in [6.07, 6.45) is 0. The van der Waals surface area contributed by atoms with Crippen molar-refractivity contribution in [3.8, 4) is 5.75 Å². The summed E-state index contributed by atoms with van der Waals surface area (Å²) in [5, 5.41) is 0. The van der Waals surface area contributed by atoms with Crippen molar-refractivity contribution in [1.82, 2.24) is 0 Å². The van der Waals surface area contributed by atoms with E-state index in [2.05, 4.69) is 4.74 Å². The van der Waals surface area contributed by atoms with Crippen molar-refractivity contribution < 1.29 is 19.1 Å². The van der Waals surface area contributed by atoms with Crippen molar-refractivity contribution in [1.29, 1.82) is 0 Å². The summed E-state index contributed by atoms with van der Waals surface area (Å²) in [6.45, 7) is 1.31. The van der Waals surface area contributed by atoms with Crippen LogP contribution in [0.15, 0.2) is 24.3 Å². The molecule has 0 amide bonds. The number of hydrogen-bond donors (Lipinski definition) is 0. The third-order valence-corrected chi connectivity index (χ3v) is 1.54. The molecule has 5 heteroatoms. The van der Waals surface area contributed by atoms with Crippen LogP contribution in [-0.4, -0.2) is 70.4 Å². The molecule has 0 unspecified atom stereocenters. The van der Waals surface area contributed by atoms with Crippen molar-refractivity contribution >= 4 is 63.3 Å². The standard InChI is InChI=1S/C10H10O4.K.H/c1-7(11)14-9-5-3-8(4-6-9)10(12)13-2;;/h3-6H,1-2H3;;. The van der Waals surface area contributed by atoms with E-state index >= 15 is 0 Å². The summed E-state index contributed by atoms with van der Waals surface area (Å²) < 4.78 is 9.30. The van der Waals surface area contributed by atoms with E-state index in [1.165, 1.54) is 38.3 Å². The van der Waals surface area contributed by atoms with E-state index in [-0.39, 0.29) is 51.4 Å². The van der Waals surface area contributed by atoms with Gasteiger partial charge < -0.3 is 9.47 Å². The second-order valence-electron chi connectivity index (χ2n) is 2.61. The van der Waals surface area contributed by atoms with Crippen LogP contribution in [0.4, 0.5) is 0 Å². The molecule has 0 saturated carbocycles. The van der Waals surface area contributed by atoms with E-state index in [4.69, 9.17) is 4.74 Å². The number of methoxy groups -OCH3 is 1. The Balaban J connectivity index is 0.00000196. The Bertz CT molecular complexity index is 345. The van der Waals surface area contributed by atoms with Crippen molar-refractivity contribution in [3.05, 3.63) is 29.8 Å². The summed E-state index contributed by atoms with van der Waals surface area (Å²) >= 11 is 0. The Morgan fingerprint density at radius 1 is 1.13 bits per heavy atom. The van der Waals surface area contributed by atoms with Crippen LogP contribution in [0.1, 0.15) is 17.3 Å². The predicted molar refractivity (Wildman–Crippen MR) is 56.2 cm³/mol. The molecule has 0 aliphatic heterocycles. The first-order chi connectivity index (χ1) is 6.63. The summed E-state index contributed by atoms with van der Waals surface area (Å²) in [6, 6.07) is 6.13. The molecule has 0 atom stereocenters. The maximum atomic E-state index is 11.0. The van der Waals surface area contributed by atoms with Crippen molar-refractivity contribution in [2.24, 2.45) is 0 Å². The van der Waals surface area contributed by atoms with Gasteiger partial charge in [-0.25, -0.2) is 4.79 Å². The van der Waals surface area contributed by atoms with Gasteiger partial charge in [0.25, 0.3) is 0 Å². The molecule has 1 aromatic rings. The number of carbonyl (C=O) groups excluding carboxylic acids is 2. The first-order valence-corrected chi connectivity index (χ1v) is 4.00. The van der Waals surface area contributed by atoms with Gasteiger partial charge in [-0.1, -0.05) is 0 Å². The van der Waals surface area contributed by atoms with Gasteiger partial charge in [0.15, 0.2) is 0 Å². The van der Waals surface area contributed by atoms with Gasteiger partial charge in [0, 0.05) is 6.92 Å². The molecule has 1 rings (SSSR count). The molecule has 0 aromatic heterocycles. The average molecular weight is 234 g/mol. The van der Waals surface area contributed by atoms with Gasteiger partial charge in [-0.05, 0) is 24.3 Å². The van der Waals surface area contributed by atoms with Gasteiger partial charge in [0.2, 0.25) is 0 Å². The van der Waals surface area contributed by atoms with Crippen molar-refractivity contribution in [2.75, 3.05) is 7.11 Å². The van der Waals surface area contributed by atoms with Crippen LogP contribution in [0.25, 0.3) is 0 Å². The summed E-state index contributed by atoms with van der Waals surface area (Å²) in [5.74, 6) is -0.402. The van der Waals surface area contributed by atoms with Gasteiger partial charge in [-0.2, -0.15) is 0 Å². The van der Waals surface area contributed by atoms with Crippen LogP contribution in [0.2, 0.25) is 0 Å². The minimum atomic E-state index is -0.417. The van der Waals surface area contributed by atoms with E-state index in [0.29, 0.717) is 11.3 Å². The van der Waals surface area contributed by atoms with Gasteiger partial charge in [0.1, 0.15) is 5.75 Å². The number of hydrogen-bond acceptors (Lipinski definition) is 4. The quantitative estimate of drug-likeness (QED) is 0.430.